The smallest absolute Gasteiger partial charge is 0.254 e. The van der Waals surface area contributed by atoms with Gasteiger partial charge in [0.05, 0.1) is 18.1 Å². The number of piperazine rings is 1. The summed E-state index contributed by atoms with van der Waals surface area (Å²) in [7, 11) is 1.60. The lowest BCUT2D eigenvalue weighted by atomic mass is 10.1. The molecule has 1 N–H and O–H groups in total. The largest absolute Gasteiger partial charge is 0.497 e. The second kappa shape index (κ2) is 7.34. The van der Waals surface area contributed by atoms with E-state index in [2.05, 4.69) is 9.97 Å². The quantitative estimate of drug-likeness (QED) is 0.759. The van der Waals surface area contributed by atoms with E-state index in [1.54, 1.807) is 47.2 Å². The van der Waals surface area contributed by atoms with Gasteiger partial charge < -0.3 is 19.5 Å². The lowest BCUT2D eigenvalue weighted by Gasteiger charge is -2.35. The topological polar surface area (TPSA) is 78.5 Å². The highest BCUT2D eigenvalue weighted by Crippen LogP contribution is 2.18. The summed E-state index contributed by atoms with van der Waals surface area (Å²) in [4.78, 5) is 36.6. The number of carbonyl (C=O) groups excluding carboxylic acids is 2. The number of imidazole rings is 1. The van der Waals surface area contributed by atoms with Crippen molar-refractivity contribution in [2.45, 2.75) is 6.92 Å². The van der Waals surface area contributed by atoms with E-state index < -0.39 is 0 Å². The molecule has 0 aliphatic carbocycles. The second-order valence-corrected chi connectivity index (χ2v) is 6.87. The number of aryl methyl sites for hydroxylation is 1. The Kier molecular flexibility index (Phi) is 4.73. The average molecular weight is 378 g/mol. The highest BCUT2D eigenvalue weighted by atomic mass is 16.5. The summed E-state index contributed by atoms with van der Waals surface area (Å²) in [5, 5.41) is 0. The standard InChI is InChI=1S/C21H22N4O3/c1-14-22-18-8-5-16(13-19(18)23-14)21(27)25-11-9-24(10-12-25)20(26)15-3-6-17(28-2)7-4-15/h3-8,13H,9-12H2,1-2H3,(H,22,23). The van der Waals surface area contributed by atoms with Gasteiger partial charge in [-0.05, 0) is 49.4 Å². The number of fused-ring (bicyclic) bond motifs is 1. The molecule has 1 aromatic heterocycles. The summed E-state index contributed by atoms with van der Waals surface area (Å²) in [5.41, 5.74) is 2.97. The Morgan fingerprint density at radius 3 is 2.11 bits per heavy atom. The molecule has 0 unspecified atom stereocenters. The zero-order chi connectivity index (χ0) is 19.7. The molecular weight excluding hydrogens is 356 g/mol. The van der Waals surface area contributed by atoms with Gasteiger partial charge in [0.1, 0.15) is 11.6 Å². The molecule has 1 saturated heterocycles. The van der Waals surface area contributed by atoms with E-state index in [1.807, 2.05) is 19.1 Å². The van der Waals surface area contributed by atoms with Gasteiger partial charge in [-0.15, -0.1) is 0 Å². The molecule has 0 saturated carbocycles. The number of aromatic nitrogens is 2. The predicted octanol–water partition coefficient (Wildman–Crippen LogP) is 2.48. The van der Waals surface area contributed by atoms with E-state index in [9.17, 15) is 9.59 Å². The van der Waals surface area contributed by atoms with Crippen molar-refractivity contribution in [1.82, 2.24) is 19.8 Å². The third-order valence-corrected chi connectivity index (χ3v) is 5.04. The lowest BCUT2D eigenvalue weighted by molar-refractivity contribution is 0.0535. The van der Waals surface area contributed by atoms with E-state index in [0.29, 0.717) is 37.3 Å². The van der Waals surface area contributed by atoms with E-state index in [1.165, 1.54) is 0 Å². The SMILES string of the molecule is COc1ccc(C(=O)N2CCN(C(=O)c3ccc4nc(C)[nH]c4c3)CC2)cc1. The molecule has 0 atom stereocenters. The fraction of sp³-hybridized carbons (Fsp3) is 0.286. The fourth-order valence-corrected chi connectivity index (χ4v) is 3.48. The first kappa shape index (κ1) is 18.0. The maximum absolute atomic E-state index is 12.8. The van der Waals surface area contributed by atoms with Crippen LogP contribution in [0.3, 0.4) is 0 Å². The number of nitrogens with one attached hydrogen (secondary N) is 1. The van der Waals surface area contributed by atoms with Gasteiger partial charge in [0.25, 0.3) is 11.8 Å². The molecule has 2 heterocycles. The number of H-pyrrole nitrogens is 1. The van der Waals surface area contributed by atoms with Crippen molar-refractivity contribution in [2.24, 2.45) is 0 Å². The molecule has 0 spiro atoms. The zero-order valence-electron chi connectivity index (χ0n) is 15.9. The molecule has 28 heavy (non-hydrogen) atoms. The summed E-state index contributed by atoms with van der Waals surface area (Å²) in [6.07, 6.45) is 0. The highest BCUT2D eigenvalue weighted by molar-refractivity contribution is 5.98. The van der Waals surface area contributed by atoms with Gasteiger partial charge in [0, 0.05) is 37.3 Å². The Hall–Kier alpha value is -3.35. The van der Waals surface area contributed by atoms with Crippen LogP contribution < -0.4 is 4.74 Å². The first-order chi connectivity index (χ1) is 13.5. The van der Waals surface area contributed by atoms with Gasteiger partial charge in [-0.3, -0.25) is 9.59 Å². The Morgan fingerprint density at radius 2 is 1.50 bits per heavy atom. The number of amides is 2. The van der Waals surface area contributed by atoms with Gasteiger partial charge in [-0.25, -0.2) is 4.98 Å². The lowest BCUT2D eigenvalue weighted by Crippen LogP contribution is -2.50. The molecule has 144 valence electrons. The zero-order valence-corrected chi connectivity index (χ0v) is 15.9. The molecule has 0 bridgehead atoms. The van der Waals surface area contributed by atoms with E-state index >= 15 is 0 Å². The average Bonchev–Trinajstić information content (AvgIpc) is 3.12. The summed E-state index contributed by atoms with van der Waals surface area (Å²) in [6.45, 7) is 3.95. The van der Waals surface area contributed by atoms with Crippen LogP contribution in [0, 0.1) is 6.92 Å². The highest BCUT2D eigenvalue weighted by Gasteiger charge is 2.25. The van der Waals surface area contributed by atoms with Gasteiger partial charge >= 0.3 is 0 Å². The molecule has 2 amide bonds. The summed E-state index contributed by atoms with van der Waals surface area (Å²) in [6, 6.07) is 12.6. The van der Waals surface area contributed by atoms with Crippen molar-refractivity contribution in [3.8, 4) is 5.75 Å². The monoisotopic (exact) mass is 378 g/mol. The van der Waals surface area contributed by atoms with Gasteiger partial charge in [-0.2, -0.15) is 0 Å². The van der Waals surface area contributed by atoms with E-state index in [0.717, 1.165) is 22.6 Å². The van der Waals surface area contributed by atoms with E-state index in [-0.39, 0.29) is 11.8 Å². The van der Waals surface area contributed by atoms with Gasteiger partial charge in [0.15, 0.2) is 0 Å². The van der Waals surface area contributed by atoms with Crippen molar-refractivity contribution >= 4 is 22.8 Å². The Bertz CT molecular complexity index is 1020. The van der Waals surface area contributed by atoms with Crippen LogP contribution in [0.25, 0.3) is 11.0 Å². The summed E-state index contributed by atoms with van der Waals surface area (Å²) in [5.74, 6) is 1.50. The van der Waals surface area contributed by atoms with Crippen LogP contribution in [0.2, 0.25) is 0 Å². The number of hydrogen-bond donors (Lipinski definition) is 1. The first-order valence-electron chi connectivity index (χ1n) is 9.24. The summed E-state index contributed by atoms with van der Waals surface area (Å²) < 4.78 is 5.13. The van der Waals surface area contributed by atoms with Crippen molar-refractivity contribution in [3.63, 3.8) is 0 Å². The van der Waals surface area contributed by atoms with Crippen LogP contribution >= 0.6 is 0 Å². The molecule has 1 aliphatic rings. The number of methoxy groups -OCH3 is 1. The molecule has 7 nitrogen and oxygen atoms in total. The fourth-order valence-electron chi connectivity index (χ4n) is 3.48. The molecule has 0 radical (unpaired) electrons. The molecule has 1 aliphatic heterocycles. The molecule has 1 fully saturated rings. The van der Waals surface area contributed by atoms with Crippen LogP contribution in [0.1, 0.15) is 26.5 Å². The number of carbonyl (C=O) groups is 2. The molecule has 3 aromatic rings. The third-order valence-electron chi connectivity index (χ3n) is 5.04. The predicted molar refractivity (Wildman–Crippen MR) is 106 cm³/mol. The van der Waals surface area contributed by atoms with Crippen LogP contribution in [-0.2, 0) is 0 Å². The third kappa shape index (κ3) is 3.43. The number of nitrogens with zero attached hydrogens (tertiary/aromatic N) is 3. The van der Waals surface area contributed by atoms with Crippen LogP contribution in [0.5, 0.6) is 5.75 Å². The van der Waals surface area contributed by atoms with Gasteiger partial charge in [-0.1, -0.05) is 0 Å². The normalized spacial score (nSPS) is 14.4. The first-order valence-corrected chi connectivity index (χ1v) is 9.24. The van der Waals surface area contributed by atoms with E-state index in [4.69, 9.17) is 4.74 Å². The maximum Gasteiger partial charge on any atom is 0.254 e. The number of aromatic amines is 1. The minimum absolute atomic E-state index is 0.0225. The Labute approximate surface area is 162 Å². The summed E-state index contributed by atoms with van der Waals surface area (Å²) >= 11 is 0. The maximum atomic E-state index is 12.8. The molecule has 2 aromatic carbocycles. The molecular formula is C21H22N4O3. The van der Waals surface area contributed by atoms with Crippen LogP contribution in [-0.4, -0.2) is 64.9 Å². The van der Waals surface area contributed by atoms with Gasteiger partial charge in [0.2, 0.25) is 0 Å². The number of ether oxygens (including phenoxy) is 1. The van der Waals surface area contributed by atoms with Crippen molar-refractivity contribution in [1.29, 1.82) is 0 Å². The Morgan fingerprint density at radius 1 is 0.929 bits per heavy atom. The second-order valence-electron chi connectivity index (χ2n) is 6.87. The van der Waals surface area contributed by atoms with Crippen molar-refractivity contribution in [2.75, 3.05) is 33.3 Å². The number of hydrogen-bond acceptors (Lipinski definition) is 4. The number of benzene rings is 2. The molecule has 7 heteroatoms. The minimum Gasteiger partial charge on any atom is -0.497 e. The number of rotatable bonds is 3. The van der Waals surface area contributed by atoms with Crippen molar-refractivity contribution in [3.05, 3.63) is 59.4 Å². The van der Waals surface area contributed by atoms with Crippen LogP contribution in [0.15, 0.2) is 42.5 Å². The van der Waals surface area contributed by atoms with Crippen LogP contribution in [0.4, 0.5) is 0 Å². The molecule has 4 rings (SSSR count). The van der Waals surface area contributed by atoms with Crippen molar-refractivity contribution < 1.29 is 14.3 Å². The minimum atomic E-state index is -0.0240. The Balaban J connectivity index is 1.41.